The predicted molar refractivity (Wildman–Crippen MR) is 54.9 cm³/mol. The number of rotatable bonds is 0. The second kappa shape index (κ2) is 3.13. The fourth-order valence-electron chi connectivity index (χ4n) is 2.36. The SMILES string of the molecule is Cc1cnc2c(c1)C(C)CC(C)C2. The van der Waals surface area contributed by atoms with Gasteiger partial charge in [0.1, 0.15) is 0 Å². The van der Waals surface area contributed by atoms with E-state index < -0.39 is 0 Å². The summed E-state index contributed by atoms with van der Waals surface area (Å²) in [4.78, 5) is 4.52. The van der Waals surface area contributed by atoms with E-state index in [0.29, 0.717) is 5.92 Å². The Morgan fingerprint density at radius 1 is 1.38 bits per heavy atom. The summed E-state index contributed by atoms with van der Waals surface area (Å²) in [6.45, 7) is 6.76. The normalized spacial score (nSPS) is 27.0. The first-order valence-corrected chi connectivity index (χ1v) is 5.12. The molecule has 0 amide bonds. The fraction of sp³-hybridized carbons (Fsp3) is 0.583. The minimum atomic E-state index is 0.700. The zero-order valence-electron chi connectivity index (χ0n) is 8.67. The van der Waals surface area contributed by atoms with Crippen LogP contribution in [0, 0.1) is 12.8 Å². The molecule has 13 heavy (non-hydrogen) atoms. The molecule has 1 aromatic heterocycles. The van der Waals surface area contributed by atoms with Crippen LogP contribution in [-0.2, 0) is 6.42 Å². The van der Waals surface area contributed by atoms with Crippen molar-refractivity contribution < 1.29 is 0 Å². The van der Waals surface area contributed by atoms with E-state index in [1.165, 1.54) is 29.7 Å². The highest BCUT2D eigenvalue weighted by Crippen LogP contribution is 2.33. The Morgan fingerprint density at radius 3 is 2.92 bits per heavy atom. The Morgan fingerprint density at radius 2 is 2.15 bits per heavy atom. The molecule has 0 spiro atoms. The van der Waals surface area contributed by atoms with E-state index in [9.17, 15) is 0 Å². The van der Waals surface area contributed by atoms with Gasteiger partial charge in [0.25, 0.3) is 0 Å². The molecule has 0 N–H and O–H groups in total. The number of aromatic nitrogens is 1. The average molecular weight is 175 g/mol. The lowest BCUT2D eigenvalue weighted by molar-refractivity contribution is 0.442. The van der Waals surface area contributed by atoms with Crippen LogP contribution in [0.3, 0.4) is 0 Å². The van der Waals surface area contributed by atoms with Gasteiger partial charge in [0.05, 0.1) is 0 Å². The summed E-state index contributed by atoms with van der Waals surface area (Å²) in [5.41, 5.74) is 4.11. The van der Waals surface area contributed by atoms with E-state index >= 15 is 0 Å². The van der Waals surface area contributed by atoms with E-state index in [1.54, 1.807) is 0 Å². The number of hydrogen-bond donors (Lipinski definition) is 0. The molecule has 0 fully saturated rings. The lowest BCUT2D eigenvalue weighted by atomic mass is 9.81. The summed E-state index contributed by atoms with van der Waals surface area (Å²) in [5, 5.41) is 0. The first kappa shape index (κ1) is 8.74. The highest BCUT2D eigenvalue weighted by Gasteiger charge is 2.21. The van der Waals surface area contributed by atoms with Crippen molar-refractivity contribution in [2.45, 2.75) is 39.5 Å². The maximum atomic E-state index is 4.52. The van der Waals surface area contributed by atoms with Gasteiger partial charge in [0.2, 0.25) is 0 Å². The third-order valence-corrected chi connectivity index (χ3v) is 2.97. The Kier molecular flexibility index (Phi) is 2.10. The molecule has 1 aliphatic carbocycles. The monoisotopic (exact) mass is 175 g/mol. The quantitative estimate of drug-likeness (QED) is 0.590. The van der Waals surface area contributed by atoms with Crippen LogP contribution >= 0.6 is 0 Å². The van der Waals surface area contributed by atoms with Gasteiger partial charge < -0.3 is 0 Å². The van der Waals surface area contributed by atoms with Crippen LogP contribution in [0.4, 0.5) is 0 Å². The van der Waals surface area contributed by atoms with E-state index in [4.69, 9.17) is 0 Å². The number of pyridine rings is 1. The lowest BCUT2D eigenvalue weighted by Crippen LogP contribution is -2.16. The Balaban J connectivity index is 2.43. The molecule has 0 saturated heterocycles. The molecule has 70 valence electrons. The molecule has 0 aromatic carbocycles. The van der Waals surface area contributed by atoms with Crippen molar-refractivity contribution in [3.63, 3.8) is 0 Å². The van der Waals surface area contributed by atoms with Crippen LogP contribution in [0.2, 0.25) is 0 Å². The van der Waals surface area contributed by atoms with Gasteiger partial charge in [-0.25, -0.2) is 0 Å². The van der Waals surface area contributed by atoms with Crippen LogP contribution in [0.1, 0.15) is 43.0 Å². The summed E-state index contributed by atoms with van der Waals surface area (Å²) in [5.74, 6) is 1.50. The largest absolute Gasteiger partial charge is 0.261 e. The van der Waals surface area contributed by atoms with Crippen LogP contribution in [0.25, 0.3) is 0 Å². The minimum Gasteiger partial charge on any atom is -0.261 e. The highest BCUT2D eigenvalue weighted by atomic mass is 14.7. The third-order valence-electron chi connectivity index (χ3n) is 2.97. The molecule has 0 saturated carbocycles. The first-order valence-electron chi connectivity index (χ1n) is 5.12. The Labute approximate surface area is 80.2 Å². The number of fused-ring (bicyclic) bond motifs is 1. The lowest BCUT2D eigenvalue weighted by Gasteiger charge is -2.26. The molecular formula is C12H17N. The molecule has 2 unspecified atom stereocenters. The summed E-state index contributed by atoms with van der Waals surface area (Å²) >= 11 is 0. The van der Waals surface area contributed by atoms with Crippen molar-refractivity contribution in [3.8, 4) is 0 Å². The fourth-order valence-corrected chi connectivity index (χ4v) is 2.36. The molecule has 0 bridgehead atoms. The van der Waals surface area contributed by atoms with Crippen molar-refractivity contribution >= 4 is 0 Å². The molecular weight excluding hydrogens is 158 g/mol. The standard InChI is InChI=1S/C12H17N/c1-8-4-10(3)11-5-9(2)7-13-12(11)6-8/h5,7-8,10H,4,6H2,1-3H3. The molecule has 1 heterocycles. The molecule has 1 aromatic rings. The number of hydrogen-bond acceptors (Lipinski definition) is 1. The summed E-state index contributed by atoms with van der Waals surface area (Å²) < 4.78 is 0. The van der Waals surface area contributed by atoms with E-state index in [2.05, 4.69) is 31.8 Å². The molecule has 2 atom stereocenters. The van der Waals surface area contributed by atoms with Gasteiger partial charge in [0, 0.05) is 11.9 Å². The minimum absolute atomic E-state index is 0.700. The van der Waals surface area contributed by atoms with E-state index in [0.717, 1.165) is 5.92 Å². The van der Waals surface area contributed by atoms with Gasteiger partial charge in [0.15, 0.2) is 0 Å². The zero-order valence-corrected chi connectivity index (χ0v) is 8.67. The van der Waals surface area contributed by atoms with Crippen molar-refractivity contribution in [1.82, 2.24) is 4.98 Å². The van der Waals surface area contributed by atoms with Gasteiger partial charge in [-0.3, -0.25) is 4.98 Å². The van der Waals surface area contributed by atoms with Gasteiger partial charge >= 0.3 is 0 Å². The summed E-state index contributed by atoms with van der Waals surface area (Å²) in [7, 11) is 0. The van der Waals surface area contributed by atoms with Crippen LogP contribution in [0.15, 0.2) is 12.3 Å². The average Bonchev–Trinajstić information content (AvgIpc) is 2.06. The van der Waals surface area contributed by atoms with E-state index in [1.807, 2.05) is 6.20 Å². The van der Waals surface area contributed by atoms with Gasteiger partial charge in [-0.1, -0.05) is 19.9 Å². The highest BCUT2D eigenvalue weighted by molar-refractivity contribution is 5.30. The molecule has 1 nitrogen and oxygen atoms in total. The smallest absolute Gasteiger partial charge is 0.0441 e. The van der Waals surface area contributed by atoms with Crippen LogP contribution < -0.4 is 0 Å². The predicted octanol–water partition coefficient (Wildman–Crippen LogP) is 3.08. The maximum Gasteiger partial charge on any atom is 0.0441 e. The van der Waals surface area contributed by atoms with Crippen molar-refractivity contribution in [3.05, 3.63) is 29.1 Å². The number of nitrogens with zero attached hydrogens (tertiary/aromatic N) is 1. The number of aryl methyl sites for hydroxylation is 1. The Hall–Kier alpha value is -0.850. The second-order valence-corrected chi connectivity index (χ2v) is 4.49. The summed E-state index contributed by atoms with van der Waals surface area (Å²) in [6.07, 6.45) is 4.47. The van der Waals surface area contributed by atoms with E-state index in [-0.39, 0.29) is 0 Å². The molecule has 2 rings (SSSR count). The first-order chi connectivity index (χ1) is 6.16. The second-order valence-electron chi connectivity index (χ2n) is 4.49. The van der Waals surface area contributed by atoms with Crippen LogP contribution in [0.5, 0.6) is 0 Å². The van der Waals surface area contributed by atoms with Gasteiger partial charge in [-0.05, 0) is 42.7 Å². The van der Waals surface area contributed by atoms with Crippen molar-refractivity contribution in [2.24, 2.45) is 5.92 Å². The zero-order chi connectivity index (χ0) is 9.42. The Bertz CT molecular complexity index is 317. The third kappa shape index (κ3) is 1.60. The van der Waals surface area contributed by atoms with Gasteiger partial charge in [-0.15, -0.1) is 0 Å². The van der Waals surface area contributed by atoms with Crippen molar-refractivity contribution in [2.75, 3.05) is 0 Å². The van der Waals surface area contributed by atoms with Gasteiger partial charge in [-0.2, -0.15) is 0 Å². The summed E-state index contributed by atoms with van der Waals surface area (Å²) in [6, 6.07) is 2.30. The molecule has 1 heteroatoms. The molecule has 1 aliphatic rings. The topological polar surface area (TPSA) is 12.9 Å². The molecule has 0 aliphatic heterocycles. The molecule has 0 radical (unpaired) electrons. The van der Waals surface area contributed by atoms with Crippen molar-refractivity contribution in [1.29, 1.82) is 0 Å². The maximum absolute atomic E-state index is 4.52. The van der Waals surface area contributed by atoms with Crippen LogP contribution in [-0.4, -0.2) is 4.98 Å².